The van der Waals surface area contributed by atoms with Gasteiger partial charge in [-0.3, -0.25) is 4.79 Å². The summed E-state index contributed by atoms with van der Waals surface area (Å²) in [5, 5.41) is 0. The first-order chi connectivity index (χ1) is 14.8. The van der Waals surface area contributed by atoms with Crippen LogP contribution in [-0.4, -0.2) is 30.7 Å². The van der Waals surface area contributed by atoms with Crippen LogP contribution in [0.4, 0.5) is 0 Å². The van der Waals surface area contributed by atoms with Gasteiger partial charge < -0.3 is 18.8 Å². The van der Waals surface area contributed by atoms with E-state index in [1.807, 2.05) is 32.0 Å². The van der Waals surface area contributed by atoms with E-state index in [1.54, 1.807) is 4.57 Å². The van der Waals surface area contributed by atoms with E-state index >= 15 is 0 Å². The molecule has 0 N–H and O–H groups in total. The van der Waals surface area contributed by atoms with E-state index < -0.39 is 6.29 Å². The van der Waals surface area contributed by atoms with E-state index in [1.165, 1.54) is 18.9 Å². The molecule has 164 valence electrons. The van der Waals surface area contributed by atoms with Crippen molar-refractivity contribution in [1.82, 2.24) is 4.57 Å². The van der Waals surface area contributed by atoms with Gasteiger partial charge in [0.15, 0.2) is 6.29 Å². The van der Waals surface area contributed by atoms with Crippen LogP contribution in [0.5, 0.6) is 5.75 Å². The molecule has 1 saturated carbocycles. The molecule has 0 spiro atoms. The van der Waals surface area contributed by atoms with Gasteiger partial charge in [-0.05, 0) is 50.5 Å². The van der Waals surface area contributed by atoms with Crippen LogP contribution in [0.15, 0.2) is 41.2 Å². The summed E-state index contributed by atoms with van der Waals surface area (Å²) in [6.45, 7) is 9.68. The highest BCUT2D eigenvalue weighted by molar-refractivity contribution is 5.38. The summed E-state index contributed by atoms with van der Waals surface area (Å²) in [5.74, 6) is 7.64. The summed E-state index contributed by atoms with van der Waals surface area (Å²) >= 11 is 0. The lowest BCUT2D eigenvalue weighted by atomic mass is 9.96. The molecule has 0 bridgehead atoms. The molecule has 1 saturated heterocycles. The molecule has 5 heteroatoms. The Kier molecular flexibility index (Phi) is 6.22. The van der Waals surface area contributed by atoms with E-state index in [4.69, 9.17) is 14.2 Å². The minimum absolute atomic E-state index is 0.0195. The SMILES string of the molecule is Cc1cc(OCC2OCC(C)(C)CO2)cc(=O)n1[C@H](C)c1ccc(C#CC2CC2)cc1. The summed E-state index contributed by atoms with van der Waals surface area (Å²) < 4.78 is 19.0. The predicted octanol–water partition coefficient (Wildman–Crippen LogP) is 4.31. The average molecular weight is 422 g/mol. The van der Waals surface area contributed by atoms with Crippen molar-refractivity contribution in [2.24, 2.45) is 11.3 Å². The topological polar surface area (TPSA) is 49.7 Å². The van der Waals surface area contributed by atoms with Crippen LogP contribution in [0.2, 0.25) is 0 Å². The molecule has 1 aromatic carbocycles. The number of aromatic nitrogens is 1. The van der Waals surface area contributed by atoms with Crippen molar-refractivity contribution < 1.29 is 14.2 Å². The molecular weight excluding hydrogens is 390 g/mol. The second-order valence-electron chi connectivity index (χ2n) is 9.41. The molecule has 0 radical (unpaired) electrons. The third-order valence-corrected chi connectivity index (χ3v) is 5.72. The first kappa shape index (κ1) is 21.7. The minimum Gasteiger partial charge on any atom is -0.488 e. The van der Waals surface area contributed by atoms with Crippen LogP contribution in [0.1, 0.15) is 56.5 Å². The molecule has 5 nitrogen and oxygen atoms in total. The van der Waals surface area contributed by atoms with Gasteiger partial charge in [-0.15, -0.1) is 0 Å². The van der Waals surface area contributed by atoms with Crippen molar-refractivity contribution in [2.75, 3.05) is 19.8 Å². The number of hydrogen-bond acceptors (Lipinski definition) is 4. The van der Waals surface area contributed by atoms with Gasteiger partial charge >= 0.3 is 0 Å². The van der Waals surface area contributed by atoms with Crippen LogP contribution >= 0.6 is 0 Å². The second-order valence-corrected chi connectivity index (χ2v) is 9.41. The summed E-state index contributed by atoms with van der Waals surface area (Å²) in [4.78, 5) is 12.9. The Labute approximate surface area is 184 Å². The van der Waals surface area contributed by atoms with Crippen molar-refractivity contribution in [2.45, 2.75) is 52.9 Å². The predicted molar refractivity (Wildman–Crippen MR) is 120 cm³/mol. The first-order valence-corrected chi connectivity index (χ1v) is 11.0. The van der Waals surface area contributed by atoms with Gasteiger partial charge in [0.1, 0.15) is 12.4 Å². The fourth-order valence-electron chi connectivity index (χ4n) is 3.66. The largest absolute Gasteiger partial charge is 0.488 e. The maximum Gasteiger partial charge on any atom is 0.254 e. The van der Waals surface area contributed by atoms with E-state index in [-0.39, 0.29) is 23.6 Å². The van der Waals surface area contributed by atoms with Crippen molar-refractivity contribution in [3.63, 3.8) is 0 Å². The zero-order chi connectivity index (χ0) is 22.0. The van der Waals surface area contributed by atoms with Crippen LogP contribution in [-0.2, 0) is 9.47 Å². The van der Waals surface area contributed by atoms with Crippen LogP contribution in [0, 0.1) is 30.1 Å². The van der Waals surface area contributed by atoms with Gasteiger partial charge in [0.25, 0.3) is 5.56 Å². The quantitative estimate of drug-likeness (QED) is 0.676. The summed E-state index contributed by atoms with van der Waals surface area (Å²) in [5.41, 5.74) is 2.87. The van der Waals surface area contributed by atoms with E-state index in [0.29, 0.717) is 24.9 Å². The zero-order valence-electron chi connectivity index (χ0n) is 18.8. The normalized spacial score (nSPS) is 19.4. The van der Waals surface area contributed by atoms with Crippen LogP contribution < -0.4 is 10.3 Å². The average Bonchev–Trinajstić information content (AvgIpc) is 3.56. The highest BCUT2D eigenvalue weighted by Gasteiger charge is 2.28. The fraction of sp³-hybridized carbons (Fsp3) is 0.500. The lowest BCUT2D eigenvalue weighted by Gasteiger charge is -2.34. The van der Waals surface area contributed by atoms with Gasteiger partial charge in [-0.25, -0.2) is 0 Å². The Morgan fingerprint density at radius 1 is 1.16 bits per heavy atom. The number of rotatable bonds is 5. The number of benzene rings is 1. The number of ether oxygens (including phenoxy) is 3. The molecule has 1 atom stereocenters. The van der Waals surface area contributed by atoms with Crippen LogP contribution in [0.3, 0.4) is 0 Å². The fourth-order valence-corrected chi connectivity index (χ4v) is 3.66. The molecule has 0 unspecified atom stereocenters. The van der Waals surface area contributed by atoms with Gasteiger partial charge in [-0.2, -0.15) is 0 Å². The zero-order valence-corrected chi connectivity index (χ0v) is 18.8. The third kappa shape index (κ3) is 5.58. The molecule has 1 aliphatic carbocycles. The van der Waals surface area contributed by atoms with Crippen molar-refractivity contribution in [3.05, 3.63) is 63.6 Å². The van der Waals surface area contributed by atoms with Crippen molar-refractivity contribution >= 4 is 0 Å². The maximum atomic E-state index is 12.9. The highest BCUT2D eigenvalue weighted by Crippen LogP contribution is 2.28. The molecule has 4 rings (SSSR count). The highest BCUT2D eigenvalue weighted by atomic mass is 16.7. The smallest absolute Gasteiger partial charge is 0.254 e. The molecule has 1 aromatic heterocycles. The number of pyridine rings is 1. The molecule has 31 heavy (non-hydrogen) atoms. The molecule has 2 aliphatic rings. The Bertz CT molecular complexity index is 1030. The molecule has 2 heterocycles. The Hall–Kier alpha value is -2.55. The number of nitrogens with zero attached hydrogens (tertiary/aromatic N) is 1. The Morgan fingerprint density at radius 2 is 1.84 bits per heavy atom. The molecular formula is C26H31NO4. The second kappa shape index (κ2) is 8.90. The van der Waals surface area contributed by atoms with Crippen molar-refractivity contribution in [3.8, 4) is 17.6 Å². The Balaban J connectivity index is 1.42. The number of aryl methyl sites for hydroxylation is 1. The van der Waals surface area contributed by atoms with Gasteiger partial charge in [0, 0.05) is 28.7 Å². The van der Waals surface area contributed by atoms with Gasteiger partial charge in [0.05, 0.1) is 19.3 Å². The van der Waals surface area contributed by atoms with Gasteiger partial charge in [0.2, 0.25) is 0 Å². The lowest BCUT2D eigenvalue weighted by molar-refractivity contribution is -0.230. The molecule has 2 aromatic rings. The standard InChI is InChI=1S/C26H31NO4/c1-18-13-23(29-15-25-30-16-26(3,4)17-31-25)14-24(28)27(18)19(2)22-11-9-21(10-12-22)8-7-20-5-6-20/h9-14,19-20,25H,5-6,15-17H2,1-4H3/t19-/m1/s1. The molecule has 0 amide bonds. The molecule has 1 aliphatic heterocycles. The minimum atomic E-state index is -0.406. The van der Waals surface area contributed by atoms with E-state index in [9.17, 15) is 4.79 Å². The summed E-state index contributed by atoms with van der Waals surface area (Å²) in [6.07, 6.45) is 2.04. The van der Waals surface area contributed by atoms with Gasteiger partial charge in [-0.1, -0.05) is 37.8 Å². The summed E-state index contributed by atoms with van der Waals surface area (Å²) in [7, 11) is 0. The third-order valence-electron chi connectivity index (χ3n) is 5.72. The molecule has 2 fully saturated rings. The number of hydrogen-bond donors (Lipinski definition) is 0. The summed E-state index contributed by atoms with van der Waals surface area (Å²) in [6, 6.07) is 11.5. The van der Waals surface area contributed by atoms with Crippen LogP contribution in [0.25, 0.3) is 0 Å². The van der Waals surface area contributed by atoms with E-state index in [0.717, 1.165) is 16.8 Å². The Morgan fingerprint density at radius 3 is 2.45 bits per heavy atom. The van der Waals surface area contributed by atoms with Crippen molar-refractivity contribution in [1.29, 1.82) is 0 Å². The van der Waals surface area contributed by atoms with E-state index in [2.05, 4.69) is 37.8 Å². The first-order valence-electron chi connectivity index (χ1n) is 11.0. The maximum absolute atomic E-state index is 12.9. The lowest BCUT2D eigenvalue weighted by Crippen LogP contribution is -2.40. The monoisotopic (exact) mass is 421 g/mol.